The third-order valence-corrected chi connectivity index (χ3v) is 4.71. The summed E-state index contributed by atoms with van der Waals surface area (Å²) in [5, 5.41) is 9.32. The van der Waals surface area contributed by atoms with Gasteiger partial charge in [0.2, 0.25) is 5.91 Å². The largest absolute Gasteiger partial charge is 0.480 e. The van der Waals surface area contributed by atoms with Crippen LogP contribution in [0.15, 0.2) is 30.3 Å². The van der Waals surface area contributed by atoms with Gasteiger partial charge in [-0.15, -0.1) is 0 Å². The number of likely N-dealkylation sites (N-methyl/N-ethyl adjacent to an activating group) is 1. The maximum Gasteiger partial charge on any atom is 0.326 e. The third-order valence-electron chi connectivity index (χ3n) is 4.71. The number of carbonyl (C=O) groups is 2. The van der Waals surface area contributed by atoms with Gasteiger partial charge >= 0.3 is 5.97 Å². The van der Waals surface area contributed by atoms with Crippen LogP contribution in [0.4, 0.5) is 0 Å². The summed E-state index contributed by atoms with van der Waals surface area (Å²) in [4.78, 5) is 28.0. The number of likely N-dealkylation sites (tertiary alicyclic amines) is 1. The van der Waals surface area contributed by atoms with E-state index >= 15 is 0 Å². The first-order valence-corrected chi connectivity index (χ1v) is 8.20. The van der Waals surface area contributed by atoms with Crippen LogP contribution in [-0.2, 0) is 16.1 Å². The number of amides is 1. The van der Waals surface area contributed by atoms with Gasteiger partial charge in [0.05, 0.1) is 5.54 Å². The van der Waals surface area contributed by atoms with Crippen molar-refractivity contribution in [3.05, 3.63) is 35.9 Å². The number of carbonyl (C=O) groups excluding carboxylic acids is 1. The smallest absolute Gasteiger partial charge is 0.326 e. The van der Waals surface area contributed by atoms with E-state index in [-0.39, 0.29) is 5.91 Å². The Bertz CT molecular complexity index is 557. The minimum atomic E-state index is -0.905. The average Bonchev–Trinajstić information content (AvgIpc) is 3.02. The Balaban J connectivity index is 2.17. The van der Waals surface area contributed by atoms with Crippen LogP contribution in [0.3, 0.4) is 0 Å². The lowest BCUT2D eigenvalue weighted by Crippen LogP contribution is -2.57. The summed E-state index contributed by atoms with van der Waals surface area (Å²) in [7, 11) is 0. The molecule has 1 aromatic carbocycles. The standard InChI is InChI=1S/C18H26N2O3/c1-4-19(13-14-9-6-5-7-10-14)18(2,3)17(23)20-12-8-11-15(20)16(21)22/h5-7,9-10,15H,4,8,11-13H2,1-3H3,(H,21,22). The second-order valence-corrected chi connectivity index (χ2v) is 6.55. The molecule has 1 aliphatic heterocycles. The van der Waals surface area contributed by atoms with E-state index in [9.17, 15) is 14.7 Å². The van der Waals surface area contributed by atoms with Gasteiger partial charge < -0.3 is 10.0 Å². The van der Waals surface area contributed by atoms with Crippen molar-refractivity contribution in [1.29, 1.82) is 0 Å². The van der Waals surface area contributed by atoms with Crippen LogP contribution in [0, 0.1) is 0 Å². The van der Waals surface area contributed by atoms with E-state index in [1.54, 1.807) is 0 Å². The maximum atomic E-state index is 13.0. The van der Waals surface area contributed by atoms with E-state index in [0.717, 1.165) is 18.5 Å². The highest BCUT2D eigenvalue weighted by Gasteiger charge is 2.43. The van der Waals surface area contributed by atoms with Crippen molar-refractivity contribution in [2.45, 2.75) is 51.7 Å². The molecule has 1 fully saturated rings. The van der Waals surface area contributed by atoms with Crippen LogP contribution in [0.5, 0.6) is 0 Å². The highest BCUT2D eigenvalue weighted by molar-refractivity contribution is 5.90. The number of hydrogen-bond donors (Lipinski definition) is 1. The van der Waals surface area contributed by atoms with E-state index in [4.69, 9.17) is 0 Å². The molecule has 1 unspecified atom stereocenters. The number of carboxylic acid groups (broad SMARTS) is 1. The number of carboxylic acids is 1. The Kier molecular flexibility index (Phi) is 5.42. The predicted octanol–water partition coefficient (Wildman–Crippen LogP) is 2.36. The molecule has 1 heterocycles. The fourth-order valence-corrected chi connectivity index (χ4v) is 3.26. The Labute approximate surface area is 137 Å². The van der Waals surface area contributed by atoms with Gasteiger partial charge in [-0.3, -0.25) is 9.69 Å². The van der Waals surface area contributed by atoms with E-state index in [0.29, 0.717) is 19.5 Å². The first-order valence-electron chi connectivity index (χ1n) is 8.20. The van der Waals surface area contributed by atoms with Crippen LogP contribution in [-0.4, -0.2) is 51.5 Å². The molecule has 0 aromatic heterocycles. The molecular weight excluding hydrogens is 292 g/mol. The molecule has 1 atom stereocenters. The van der Waals surface area contributed by atoms with Gasteiger partial charge in [0, 0.05) is 13.1 Å². The highest BCUT2D eigenvalue weighted by atomic mass is 16.4. The van der Waals surface area contributed by atoms with E-state index in [1.807, 2.05) is 51.1 Å². The Morgan fingerprint density at radius 1 is 1.30 bits per heavy atom. The first-order chi connectivity index (χ1) is 10.9. The van der Waals surface area contributed by atoms with Gasteiger partial charge in [0.1, 0.15) is 6.04 Å². The van der Waals surface area contributed by atoms with E-state index in [2.05, 4.69) is 4.90 Å². The summed E-state index contributed by atoms with van der Waals surface area (Å²) in [5.41, 5.74) is 0.411. The van der Waals surface area contributed by atoms with Gasteiger partial charge in [0.15, 0.2) is 0 Å². The molecule has 23 heavy (non-hydrogen) atoms. The van der Waals surface area contributed by atoms with Crippen molar-refractivity contribution in [1.82, 2.24) is 9.80 Å². The van der Waals surface area contributed by atoms with E-state index < -0.39 is 17.6 Å². The molecule has 0 spiro atoms. The quantitative estimate of drug-likeness (QED) is 0.875. The highest BCUT2D eigenvalue weighted by Crippen LogP contribution is 2.26. The molecule has 0 bridgehead atoms. The number of rotatable bonds is 6. The van der Waals surface area contributed by atoms with Gasteiger partial charge in [-0.05, 0) is 38.8 Å². The van der Waals surface area contributed by atoms with Crippen molar-refractivity contribution in [2.24, 2.45) is 0 Å². The SMILES string of the molecule is CCN(Cc1ccccc1)C(C)(C)C(=O)N1CCCC1C(=O)O. The van der Waals surface area contributed by atoms with Crippen molar-refractivity contribution >= 4 is 11.9 Å². The summed E-state index contributed by atoms with van der Waals surface area (Å²) in [5.74, 6) is -1.00. The lowest BCUT2D eigenvalue weighted by atomic mass is 9.98. The molecule has 1 amide bonds. The van der Waals surface area contributed by atoms with E-state index in [1.165, 1.54) is 4.90 Å². The summed E-state index contributed by atoms with van der Waals surface area (Å²) >= 11 is 0. The predicted molar refractivity (Wildman–Crippen MR) is 89.0 cm³/mol. The first kappa shape index (κ1) is 17.5. The molecule has 1 N–H and O–H groups in total. The molecule has 1 aromatic rings. The van der Waals surface area contributed by atoms with Gasteiger partial charge in [-0.1, -0.05) is 37.3 Å². The normalized spacial score (nSPS) is 18.4. The fourth-order valence-electron chi connectivity index (χ4n) is 3.26. The Morgan fingerprint density at radius 3 is 2.52 bits per heavy atom. The number of benzene rings is 1. The average molecular weight is 318 g/mol. The van der Waals surface area contributed by atoms with Crippen molar-refractivity contribution in [2.75, 3.05) is 13.1 Å². The molecular formula is C18H26N2O3. The third kappa shape index (κ3) is 3.72. The maximum absolute atomic E-state index is 13.0. The molecule has 0 saturated carbocycles. The van der Waals surface area contributed by atoms with Crippen LogP contribution in [0.2, 0.25) is 0 Å². The number of aliphatic carboxylic acids is 1. The zero-order valence-electron chi connectivity index (χ0n) is 14.2. The van der Waals surface area contributed by atoms with Gasteiger partial charge in [-0.2, -0.15) is 0 Å². The molecule has 0 aliphatic carbocycles. The topological polar surface area (TPSA) is 60.9 Å². The van der Waals surface area contributed by atoms with Crippen LogP contribution >= 0.6 is 0 Å². The zero-order chi connectivity index (χ0) is 17.0. The number of hydrogen-bond acceptors (Lipinski definition) is 3. The lowest BCUT2D eigenvalue weighted by molar-refractivity contribution is -0.153. The molecule has 2 rings (SSSR count). The fraction of sp³-hybridized carbons (Fsp3) is 0.556. The van der Waals surface area contributed by atoms with Crippen molar-refractivity contribution in [3.63, 3.8) is 0 Å². The number of nitrogens with zero attached hydrogens (tertiary/aromatic N) is 2. The summed E-state index contributed by atoms with van der Waals surface area (Å²) in [6.07, 6.45) is 1.30. The minimum Gasteiger partial charge on any atom is -0.480 e. The summed E-state index contributed by atoms with van der Waals surface area (Å²) in [6.45, 7) is 7.72. The lowest BCUT2D eigenvalue weighted by Gasteiger charge is -2.40. The molecule has 5 nitrogen and oxygen atoms in total. The molecule has 1 aliphatic rings. The second kappa shape index (κ2) is 7.13. The minimum absolute atomic E-state index is 0.0971. The summed E-state index contributed by atoms with van der Waals surface area (Å²) < 4.78 is 0. The molecule has 0 radical (unpaired) electrons. The van der Waals surface area contributed by atoms with Crippen LogP contribution < -0.4 is 0 Å². The van der Waals surface area contributed by atoms with Crippen molar-refractivity contribution in [3.8, 4) is 0 Å². The van der Waals surface area contributed by atoms with Crippen molar-refractivity contribution < 1.29 is 14.7 Å². The monoisotopic (exact) mass is 318 g/mol. The van der Waals surface area contributed by atoms with Gasteiger partial charge in [-0.25, -0.2) is 4.79 Å². The van der Waals surface area contributed by atoms with Crippen LogP contribution in [0.1, 0.15) is 39.2 Å². The van der Waals surface area contributed by atoms with Gasteiger partial charge in [0.25, 0.3) is 0 Å². The summed E-state index contributed by atoms with van der Waals surface area (Å²) in [6, 6.07) is 9.34. The Hall–Kier alpha value is -1.88. The Morgan fingerprint density at radius 2 is 1.96 bits per heavy atom. The second-order valence-electron chi connectivity index (χ2n) is 6.55. The zero-order valence-corrected chi connectivity index (χ0v) is 14.2. The van der Waals surface area contributed by atoms with Crippen LogP contribution in [0.25, 0.3) is 0 Å². The molecule has 126 valence electrons. The molecule has 1 saturated heterocycles. The molecule has 5 heteroatoms.